The highest BCUT2D eigenvalue weighted by molar-refractivity contribution is 5.57. The average molecular weight is 274 g/mol. The maximum atomic E-state index is 6.10. The molecule has 3 rings (SSSR count). The Morgan fingerprint density at radius 2 is 2.00 bits per heavy atom. The van der Waals surface area contributed by atoms with Crippen molar-refractivity contribution >= 4 is 11.6 Å². The number of hydrogen-bond donors (Lipinski definition) is 1. The predicted molar refractivity (Wildman–Crippen MR) is 82.8 cm³/mol. The number of aromatic nitrogens is 2. The van der Waals surface area contributed by atoms with Gasteiger partial charge in [-0.1, -0.05) is 26.2 Å². The van der Waals surface area contributed by atoms with E-state index in [1.54, 1.807) is 6.33 Å². The zero-order chi connectivity index (χ0) is 13.9. The van der Waals surface area contributed by atoms with Crippen molar-refractivity contribution in [3.63, 3.8) is 0 Å². The van der Waals surface area contributed by atoms with Gasteiger partial charge in [-0.3, -0.25) is 0 Å². The lowest BCUT2D eigenvalue weighted by atomic mass is 9.78. The van der Waals surface area contributed by atoms with Crippen LogP contribution >= 0.6 is 0 Å². The maximum absolute atomic E-state index is 6.10. The van der Waals surface area contributed by atoms with Crippen LogP contribution in [-0.2, 0) is 6.42 Å². The Morgan fingerprint density at radius 1 is 1.20 bits per heavy atom. The van der Waals surface area contributed by atoms with E-state index in [1.807, 2.05) is 0 Å². The molecule has 0 radical (unpaired) electrons. The zero-order valence-corrected chi connectivity index (χ0v) is 12.5. The number of piperidine rings is 1. The molecule has 4 nitrogen and oxygen atoms in total. The Kier molecular flexibility index (Phi) is 4.08. The van der Waals surface area contributed by atoms with Crippen LogP contribution in [0.1, 0.15) is 57.4 Å². The molecule has 1 aromatic heterocycles. The first kappa shape index (κ1) is 13.7. The number of nitrogens with two attached hydrogens (primary N) is 1. The van der Waals surface area contributed by atoms with E-state index in [4.69, 9.17) is 5.73 Å². The van der Waals surface area contributed by atoms with Crippen molar-refractivity contribution in [1.29, 1.82) is 0 Å². The van der Waals surface area contributed by atoms with Crippen LogP contribution < -0.4 is 10.6 Å². The number of nitrogen functional groups attached to an aromatic ring is 1. The molecular formula is C16H26N4. The highest BCUT2D eigenvalue weighted by Gasteiger charge is 2.34. The monoisotopic (exact) mass is 274 g/mol. The van der Waals surface area contributed by atoms with E-state index < -0.39 is 0 Å². The van der Waals surface area contributed by atoms with E-state index in [-0.39, 0.29) is 0 Å². The van der Waals surface area contributed by atoms with Gasteiger partial charge in [-0.15, -0.1) is 0 Å². The number of anilines is 2. The number of fused-ring (bicyclic) bond motifs is 1. The average Bonchev–Trinajstić information content (AvgIpc) is 2.49. The summed E-state index contributed by atoms with van der Waals surface area (Å²) >= 11 is 0. The molecule has 1 aromatic rings. The Morgan fingerprint density at radius 3 is 2.85 bits per heavy atom. The second-order valence-corrected chi connectivity index (χ2v) is 6.26. The summed E-state index contributed by atoms with van der Waals surface area (Å²) in [5.74, 6) is 2.66. The van der Waals surface area contributed by atoms with Crippen LogP contribution in [0.5, 0.6) is 0 Å². The lowest BCUT2D eigenvalue weighted by Crippen LogP contribution is -2.47. The first-order chi connectivity index (χ1) is 9.81. The van der Waals surface area contributed by atoms with Gasteiger partial charge in [0.25, 0.3) is 0 Å². The lowest BCUT2D eigenvalue weighted by molar-refractivity contribution is 0.242. The fraction of sp³-hybridized carbons (Fsp3) is 0.750. The number of hydrogen-bond acceptors (Lipinski definition) is 4. The van der Waals surface area contributed by atoms with Crippen LogP contribution in [0.2, 0.25) is 0 Å². The summed E-state index contributed by atoms with van der Waals surface area (Å²) < 4.78 is 0. The molecule has 2 fully saturated rings. The molecule has 0 amide bonds. The largest absolute Gasteiger partial charge is 0.383 e. The van der Waals surface area contributed by atoms with Gasteiger partial charge in [0, 0.05) is 18.2 Å². The molecule has 0 spiro atoms. The van der Waals surface area contributed by atoms with Gasteiger partial charge < -0.3 is 10.6 Å². The molecule has 1 saturated carbocycles. The molecule has 1 aliphatic carbocycles. The van der Waals surface area contributed by atoms with Crippen molar-refractivity contribution in [1.82, 2.24) is 9.97 Å². The molecule has 0 aromatic carbocycles. The van der Waals surface area contributed by atoms with Gasteiger partial charge in [0.15, 0.2) is 0 Å². The fourth-order valence-electron chi connectivity index (χ4n) is 4.04. The highest BCUT2D eigenvalue weighted by atomic mass is 15.2. The van der Waals surface area contributed by atoms with Crippen LogP contribution in [0.3, 0.4) is 0 Å². The molecule has 1 aliphatic heterocycles. The quantitative estimate of drug-likeness (QED) is 0.920. The van der Waals surface area contributed by atoms with Crippen molar-refractivity contribution in [2.45, 2.75) is 64.3 Å². The van der Waals surface area contributed by atoms with Crippen molar-refractivity contribution in [3.8, 4) is 0 Å². The molecule has 1 saturated heterocycles. The minimum Gasteiger partial charge on any atom is -0.383 e. The van der Waals surface area contributed by atoms with Crippen molar-refractivity contribution in [2.75, 3.05) is 17.2 Å². The van der Waals surface area contributed by atoms with Crippen LogP contribution in [0, 0.1) is 5.92 Å². The second kappa shape index (κ2) is 5.98. The summed E-state index contributed by atoms with van der Waals surface area (Å²) in [6, 6.07) is 0.683. The molecule has 2 atom stereocenters. The minimum absolute atomic E-state index is 0.676. The third kappa shape index (κ3) is 2.48. The van der Waals surface area contributed by atoms with Gasteiger partial charge in [0.05, 0.1) is 0 Å². The van der Waals surface area contributed by atoms with Gasteiger partial charge in [-0.05, 0) is 38.0 Å². The van der Waals surface area contributed by atoms with Crippen molar-refractivity contribution in [3.05, 3.63) is 11.9 Å². The first-order valence-electron chi connectivity index (χ1n) is 8.17. The van der Waals surface area contributed by atoms with E-state index >= 15 is 0 Å². The fourth-order valence-corrected chi connectivity index (χ4v) is 4.04. The summed E-state index contributed by atoms with van der Waals surface area (Å²) in [5.41, 5.74) is 7.27. The molecule has 0 bridgehead atoms. The molecular weight excluding hydrogens is 248 g/mol. The van der Waals surface area contributed by atoms with Crippen molar-refractivity contribution in [2.24, 2.45) is 5.92 Å². The van der Waals surface area contributed by atoms with E-state index in [2.05, 4.69) is 21.8 Å². The second-order valence-electron chi connectivity index (χ2n) is 6.26. The van der Waals surface area contributed by atoms with Gasteiger partial charge in [-0.25, -0.2) is 9.97 Å². The lowest BCUT2D eigenvalue weighted by Gasteiger charge is -2.45. The normalized spacial score (nSPS) is 26.4. The number of rotatable bonds is 3. The Labute approximate surface area is 121 Å². The van der Waals surface area contributed by atoms with Crippen LogP contribution in [0.25, 0.3) is 0 Å². The molecule has 20 heavy (non-hydrogen) atoms. The molecule has 2 heterocycles. The minimum atomic E-state index is 0.676. The molecule has 4 heteroatoms. The van der Waals surface area contributed by atoms with Gasteiger partial charge in [0.1, 0.15) is 18.0 Å². The molecule has 2 aliphatic rings. The Bertz CT molecular complexity index is 458. The van der Waals surface area contributed by atoms with Gasteiger partial charge in [-0.2, -0.15) is 0 Å². The summed E-state index contributed by atoms with van der Waals surface area (Å²) in [5, 5.41) is 0. The highest BCUT2D eigenvalue weighted by Crippen LogP contribution is 2.38. The van der Waals surface area contributed by atoms with Gasteiger partial charge in [0.2, 0.25) is 0 Å². The third-order valence-corrected chi connectivity index (χ3v) is 4.97. The van der Waals surface area contributed by atoms with E-state index in [0.29, 0.717) is 11.9 Å². The summed E-state index contributed by atoms with van der Waals surface area (Å²) in [6.07, 6.45) is 11.9. The van der Waals surface area contributed by atoms with E-state index in [0.717, 1.165) is 31.1 Å². The maximum Gasteiger partial charge on any atom is 0.137 e. The van der Waals surface area contributed by atoms with Crippen LogP contribution in [0.15, 0.2) is 6.33 Å². The standard InChI is InChI=1S/C16H26N4/c1-2-6-13-15(17)18-11-19-16(13)20-10-5-8-12-7-3-4-9-14(12)20/h11-12,14H,2-10H2,1H3,(H2,17,18,19)/t12-,14-/m1/s1. The summed E-state index contributed by atoms with van der Waals surface area (Å²) in [4.78, 5) is 11.4. The summed E-state index contributed by atoms with van der Waals surface area (Å²) in [7, 11) is 0. The van der Waals surface area contributed by atoms with Crippen LogP contribution in [0.4, 0.5) is 11.6 Å². The van der Waals surface area contributed by atoms with Crippen LogP contribution in [-0.4, -0.2) is 22.6 Å². The molecule has 2 N–H and O–H groups in total. The summed E-state index contributed by atoms with van der Waals surface area (Å²) in [6.45, 7) is 3.32. The smallest absolute Gasteiger partial charge is 0.137 e. The van der Waals surface area contributed by atoms with E-state index in [1.165, 1.54) is 44.1 Å². The molecule has 110 valence electrons. The van der Waals surface area contributed by atoms with Crippen molar-refractivity contribution < 1.29 is 0 Å². The first-order valence-corrected chi connectivity index (χ1v) is 8.17. The topological polar surface area (TPSA) is 55.0 Å². The molecule has 0 unspecified atom stereocenters. The predicted octanol–water partition coefficient (Wildman–Crippen LogP) is 3.17. The van der Waals surface area contributed by atoms with Gasteiger partial charge >= 0.3 is 0 Å². The third-order valence-electron chi connectivity index (χ3n) is 4.97. The SMILES string of the molecule is CCCc1c(N)ncnc1N1CCC[C@H]2CCCC[C@H]21. The zero-order valence-electron chi connectivity index (χ0n) is 12.5. The Hall–Kier alpha value is -1.32. The number of nitrogens with zero attached hydrogens (tertiary/aromatic N) is 3. The Balaban J connectivity index is 1.92. The van der Waals surface area contributed by atoms with E-state index in [9.17, 15) is 0 Å².